The molecule has 2 nitrogen and oxygen atoms in total. The Kier molecular flexibility index (Phi) is 5.73. The van der Waals surface area contributed by atoms with Crippen molar-refractivity contribution >= 4 is 22.9 Å². The fraction of sp³-hybridized carbons (Fsp3) is 0.438. The van der Waals surface area contributed by atoms with E-state index in [0.717, 1.165) is 23.7 Å². The largest absolute Gasteiger partial charge is 0.309 e. The van der Waals surface area contributed by atoms with Crippen molar-refractivity contribution in [2.45, 2.75) is 39.7 Å². The molecule has 1 N–H and O–H groups in total. The summed E-state index contributed by atoms with van der Waals surface area (Å²) < 4.78 is 14.2. The quantitative estimate of drug-likeness (QED) is 0.822. The van der Waals surface area contributed by atoms with Crippen molar-refractivity contribution in [1.29, 1.82) is 0 Å². The fourth-order valence-electron chi connectivity index (χ4n) is 2.24. The Morgan fingerprint density at radius 2 is 2.14 bits per heavy atom. The van der Waals surface area contributed by atoms with Crippen LogP contribution in [0.15, 0.2) is 18.2 Å². The lowest BCUT2D eigenvalue weighted by molar-refractivity contribution is 0.496. The number of nitrogens with one attached hydrogen (secondary N) is 1. The molecule has 0 radical (unpaired) electrons. The molecule has 1 atom stereocenters. The molecule has 0 bridgehead atoms. The number of halogens is 2. The van der Waals surface area contributed by atoms with Crippen molar-refractivity contribution in [2.24, 2.45) is 0 Å². The van der Waals surface area contributed by atoms with E-state index in [2.05, 4.69) is 24.1 Å². The number of aromatic nitrogens is 1. The summed E-state index contributed by atoms with van der Waals surface area (Å²) in [6, 6.07) is 4.68. The molecule has 0 fully saturated rings. The van der Waals surface area contributed by atoms with E-state index in [1.54, 1.807) is 23.5 Å². The molecular formula is C16H20ClFN2S. The molecule has 1 unspecified atom stereocenters. The van der Waals surface area contributed by atoms with Gasteiger partial charge in [0.15, 0.2) is 0 Å². The van der Waals surface area contributed by atoms with Crippen molar-refractivity contribution in [3.8, 4) is 0 Å². The zero-order chi connectivity index (χ0) is 15.4. The Labute approximate surface area is 134 Å². The predicted octanol–water partition coefficient (Wildman–Crippen LogP) is 4.84. The van der Waals surface area contributed by atoms with Gasteiger partial charge in [-0.15, -0.1) is 11.3 Å². The maximum absolute atomic E-state index is 14.2. The molecule has 1 aromatic heterocycles. The Balaban J connectivity index is 2.29. The molecular weight excluding hydrogens is 307 g/mol. The van der Waals surface area contributed by atoms with Gasteiger partial charge in [-0.2, -0.15) is 0 Å². The van der Waals surface area contributed by atoms with E-state index < -0.39 is 0 Å². The maximum Gasteiger partial charge on any atom is 0.129 e. The van der Waals surface area contributed by atoms with Crippen LogP contribution in [0, 0.1) is 19.7 Å². The summed E-state index contributed by atoms with van der Waals surface area (Å²) >= 11 is 7.87. The smallest absolute Gasteiger partial charge is 0.129 e. The third-order valence-corrected chi connectivity index (χ3v) is 4.87. The van der Waals surface area contributed by atoms with E-state index in [1.807, 2.05) is 6.92 Å². The monoisotopic (exact) mass is 326 g/mol. The number of nitrogens with zero attached hydrogens (tertiary/aromatic N) is 1. The molecule has 0 saturated heterocycles. The normalized spacial score (nSPS) is 12.6. The molecule has 114 valence electrons. The van der Waals surface area contributed by atoms with Gasteiger partial charge in [0.1, 0.15) is 5.82 Å². The van der Waals surface area contributed by atoms with Crippen LogP contribution in [0.25, 0.3) is 0 Å². The van der Waals surface area contributed by atoms with Gasteiger partial charge in [-0.3, -0.25) is 0 Å². The van der Waals surface area contributed by atoms with Gasteiger partial charge in [-0.05, 0) is 38.9 Å². The first-order valence-electron chi connectivity index (χ1n) is 7.13. The second-order valence-electron chi connectivity index (χ2n) is 5.10. The van der Waals surface area contributed by atoms with E-state index in [0.29, 0.717) is 17.0 Å². The van der Waals surface area contributed by atoms with Crippen molar-refractivity contribution in [3.63, 3.8) is 0 Å². The van der Waals surface area contributed by atoms with E-state index in [4.69, 9.17) is 11.6 Å². The van der Waals surface area contributed by atoms with Gasteiger partial charge in [-0.1, -0.05) is 24.6 Å². The Morgan fingerprint density at radius 3 is 2.71 bits per heavy atom. The number of thiazole rings is 1. The van der Waals surface area contributed by atoms with Crippen LogP contribution in [0.3, 0.4) is 0 Å². The lowest BCUT2D eigenvalue weighted by Crippen LogP contribution is -2.25. The predicted molar refractivity (Wildman–Crippen MR) is 87.7 cm³/mol. The summed E-state index contributed by atoms with van der Waals surface area (Å²) in [6.07, 6.45) is 1.64. The van der Waals surface area contributed by atoms with E-state index in [1.165, 1.54) is 10.9 Å². The molecule has 0 aliphatic heterocycles. The molecule has 1 heterocycles. The molecule has 0 amide bonds. The molecule has 0 saturated carbocycles. The van der Waals surface area contributed by atoms with Crippen molar-refractivity contribution in [2.75, 3.05) is 6.54 Å². The summed E-state index contributed by atoms with van der Waals surface area (Å²) in [5.74, 6) is -0.263. The highest BCUT2D eigenvalue weighted by molar-refractivity contribution is 7.11. The van der Waals surface area contributed by atoms with Crippen LogP contribution in [0.4, 0.5) is 4.39 Å². The van der Waals surface area contributed by atoms with Gasteiger partial charge in [0.05, 0.1) is 10.7 Å². The molecule has 2 aromatic rings. The van der Waals surface area contributed by atoms with Gasteiger partial charge in [0, 0.05) is 27.9 Å². The first-order valence-corrected chi connectivity index (χ1v) is 8.32. The van der Waals surface area contributed by atoms with Crippen molar-refractivity contribution in [3.05, 3.63) is 50.2 Å². The average molecular weight is 327 g/mol. The second kappa shape index (κ2) is 7.34. The third-order valence-electron chi connectivity index (χ3n) is 3.44. The van der Waals surface area contributed by atoms with E-state index in [9.17, 15) is 4.39 Å². The zero-order valence-corrected chi connectivity index (χ0v) is 14.1. The van der Waals surface area contributed by atoms with Crippen LogP contribution in [0.5, 0.6) is 0 Å². The SMILES string of the molecule is CCCNC(Cc1nc(C)c(C)s1)c1c(F)cccc1Cl. The van der Waals surface area contributed by atoms with E-state index in [-0.39, 0.29) is 11.9 Å². The molecule has 0 aliphatic carbocycles. The summed E-state index contributed by atoms with van der Waals surface area (Å²) in [4.78, 5) is 5.76. The van der Waals surface area contributed by atoms with Gasteiger partial charge >= 0.3 is 0 Å². The number of benzene rings is 1. The van der Waals surface area contributed by atoms with E-state index >= 15 is 0 Å². The summed E-state index contributed by atoms with van der Waals surface area (Å²) in [5.41, 5.74) is 1.59. The molecule has 2 rings (SSSR count). The Hall–Kier alpha value is -0.970. The van der Waals surface area contributed by atoms with Crippen LogP contribution in [0.2, 0.25) is 5.02 Å². The molecule has 0 aliphatic rings. The highest BCUT2D eigenvalue weighted by Crippen LogP contribution is 2.30. The lowest BCUT2D eigenvalue weighted by atomic mass is 10.0. The highest BCUT2D eigenvalue weighted by Gasteiger charge is 2.20. The molecule has 0 spiro atoms. The van der Waals surface area contributed by atoms with Gasteiger partial charge < -0.3 is 5.32 Å². The van der Waals surface area contributed by atoms with Crippen LogP contribution >= 0.6 is 22.9 Å². The minimum atomic E-state index is -0.263. The molecule has 5 heteroatoms. The van der Waals surface area contributed by atoms with Crippen molar-refractivity contribution in [1.82, 2.24) is 10.3 Å². The summed E-state index contributed by atoms with van der Waals surface area (Å²) in [7, 11) is 0. The topological polar surface area (TPSA) is 24.9 Å². The number of hydrogen-bond donors (Lipinski definition) is 1. The van der Waals surface area contributed by atoms with Gasteiger partial charge in [-0.25, -0.2) is 9.37 Å². The number of aryl methyl sites for hydroxylation is 2. The summed E-state index contributed by atoms with van der Waals surface area (Å²) in [6.45, 7) is 6.96. The Morgan fingerprint density at radius 1 is 1.38 bits per heavy atom. The number of rotatable bonds is 6. The maximum atomic E-state index is 14.2. The third kappa shape index (κ3) is 4.02. The minimum absolute atomic E-state index is 0.149. The van der Waals surface area contributed by atoms with Gasteiger partial charge in [0.25, 0.3) is 0 Å². The zero-order valence-electron chi connectivity index (χ0n) is 12.5. The van der Waals surface area contributed by atoms with Crippen molar-refractivity contribution < 1.29 is 4.39 Å². The minimum Gasteiger partial charge on any atom is -0.309 e. The Bertz CT molecular complexity index is 573. The lowest BCUT2D eigenvalue weighted by Gasteiger charge is -2.19. The fourth-order valence-corrected chi connectivity index (χ4v) is 3.51. The average Bonchev–Trinajstić information content (AvgIpc) is 2.74. The number of hydrogen-bond acceptors (Lipinski definition) is 3. The molecule has 1 aromatic carbocycles. The first kappa shape index (κ1) is 16.4. The highest BCUT2D eigenvalue weighted by atomic mass is 35.5. The second-order valence-corrected chi connectivity index (χ2v) is 6.79. The van der Waals surface area contributed by atoms with Crippen LogP contribution in [-0.4, -0.2) is 11.5 Å². The summed E-state index contributed by atoms with van der Waals surface area (Å²) in [5, 5.41) is 4.87. The van der Waals surface area contributed by atoms with Crippen LogP contribution in [-0.2, 0) is 6.42 Å². The molecule has 21 heavy (non-hydrogen) atoms. The van der Waals surface area contributed by atoms with Crippen LogP contribution in [0.1, 0.15) is 40.5 Å². The first-order chi connectivity index (χ1) is 10.0. The standard InChI is InChI=1S/C16H20ClFN2S/c1-4-8-19-14(9-15-20-10(2)11(3)21-15)16-12(17)6-5-7-13(16)18/h5-7,14,19H,4,8-9H2,1-3H3. The van der Waals surface area contributed by atoms with Crippen LogP contribution < -0.4 is 5.32 Å². The van der Waals surface area contributed by atoms with Gasteiger partial charge in [0.2, 0.25) is 0 Å².